The van der Waals surface area contributed by atoms with Crippen molar-refractivity contribution < 1.29 is 4.74 Å². The van der Waals surface area contributed by atoms with Gasteiger partial charge in [0.2, 0.25) is 0 Å². The van der Waals surface area contributed by atoms with Gasteiger partial charge in [-0.2, -0.15) is 5.10 Å². The fourth-order valence-corrected chi connectivity index (χ4v) is 1.93. The van der Waals surface area contributed by atoms with Crippen LogP contribution >= 0.6 is 0 Å². The molecule has 2 N–H and O–H groups in total. The second-order valence-corrected chi connectivity index (χ2v) is 4.39. The summed E-state index contributed by atoms with van der Waals surface area (Å²) in [6.07, 6.45) is 7.69. The molecule has 2 rings (SSSR count). The van der Waals surface area contributed by atoms with Gasteiger partial charge in [-0.25, -0.2) is 0 Å². The number of unbranched alkanes of at least 4 members (excludes halogenated alkanes) is 1. The molecule has 0 bridgehead atoms. The molecule has 0 aliphatic carbocycles. The van der Waals surface area contributed by atoms with E-state index < -0.39 is 0 Å². The zero-order valence-electron chi connectivity index (χ0n) is 11.2. The molecule has 0 amide bonds. The highest BCUT2D eigenvalue weighted by Crippen LogP contribution is 2.19. The van der Waals surface area contributed by atoms with E-state index in [4.69, 9.17) is 4.74 Å². The Hall–Kier alpha value is -1.72. The van der Waals surface area contributed by atoms with Gasteiger partial charge in [0.15, 0.2) is 0 Å². The first-order chi connectivity index (χ1) is 9.42. The Morgan fingerprint density at radius 2 is 2.26 bits per heavy atom. The molecular formula is C14H20N4O. The Morgan fingerprint density at radius 1 is 1.32 bits per heavy atom. The standard InChI is InChI=1S/C14H20N4O/c1-19-8-3-2-6-15-10-13-11-17-18-14(13)12-5-4-7-16-9-12/h4-5,7,9,11,15H,2-3,6,8,10H2,1H3,(H,17,18). The predicted molar refractivity (Wildman–Crippen MR) is 74.6 cm³/mol. The summed E-state index contributed by atoms with van der Waals surface area (Å²) < 4.78 is 5.02. The number of H-pyrrole nitrogens is 1. The highest BCUT2D eigenvalue weighted by molar-refractivity contribution is 5.61. The van der Waals surface area contributed by atoms with Gasteiger partial charge >= 0.3 is 0 Å². The van der Waals surface area contributed by atoms with E-state index in [9.17, 15) is 0 Å². The summed E-state index contributed by atoms with van der Waals surface area (Å²) in [5.41, 5.74) is 3.27. The van der Waals surface area contributed by atoms with Crippen LogP contribution < -0.4 is 5.32 Å². The molecule has 102 valence electrons. The van der Waals surface area contributed by atoms with Crippen molar-refractivity contribution in [2.75, 3.05) is 20.3 Å². The third-order valence-corrected chi connectivity index (χ3v) is 2.94. The highest BCUT2D eigenvalue weighted by atomic mass is 16.5. The third-order valence-electron chi connectivity index (χ3n) is 2.94. The maximum atomic E-state index is 5.02. The quantitative estimate of drug-likeness (QED) is 0.712. The maximum Gasteiger partial charge on any atom is 0.0710 e. The molecule has 0 aliphatic heterocycles. The number of aromatic amines is 1. The van der Waals surface area contributed by atoms with Gasteiger partial charge in [-0.05, 0) is 31.5 Å². The van der Waals surface area contributed by atoms with Crippen LogP contribution in [0, 0.1) is 0 Å². The number of nitrogens with one attached hydrogen (secondary N) is 2. The van der Waals surface area contributed by atoms with E-state index in [1.54, 1.807) is 13.3 Å². The van der Waals surface area contributed by atoms with Crippen LogP contribution in [-0.4, -0.2) is 35.4 Å². The van der Waals surface area contributed by atoms with E-state index in [0.29, 0.717) is 0 Å². The van der Waals surface area contributed by atoms with E-state index >= 15 is 0 Å². The zero-order valence-corrected chi connectivity index (χ0v) is 11.2. The smallest absolute Gasteiger partial charge is 0.0710 e. The minimum absolute atomic E-state index is 0.813. The Kier molecular flexibility index (Phi) is 5.52. The van der Waals surface area contributed by atoms with Gasteiger partial charge in [-0.3, -0.25) is 10.1 Å². The van der Waals surface area contributed by atoms with Crippen LogP contribution in [0.2, 0.25) is 0 Å². The Balaban J connectivity index is 1.83. The summed E-state index contributed by atoms with van der Waals surface area (Å²) in [6, 6.07) is 3.96. The van der Waals surface area contributed by atoms with Gasteiger partial charge in [0.05, 0.1) is 11.9 Å². The molecule has 0 atom stereocenters. The first kappa shape index (κ1) is 13.7. The Labute approximate surface area is 113 Å². The molecular weight excluding hydrogens is 240 g/mol. The monoisotopic (exact) mass is 260 g/mol. The van der Waals surface area contributed by atoms with Crippen molar-refractivity contribution in [1.82, 2.24) is 20.5 Å². The minimum Gasteiger partial charge on any atom is -0.385 e. The van der Waals surface area contributed by atoms with E-state index in [-0.39, 0.29) is 0 Å². The predicted octanol–water partition coefficient (Wildman–Crippen LogP) is 1.99. The second-order valence-electron chi connectivity index (χ2n) is 4.39. The zero-order chi connectivity index (χ0) is 13.3. The molecule has 2 aromatic heterocycles. The molecule has 2 aromatic rings. The lowest BCUT2D eigenvalue weighted by Gasteiger charge is -2.05. The van der Waals surface area contributed by atoms with Crippen molar-refractivity contribution in [3.63, 3.8) is 0 Å². The SMILES string of the molecule is COCCCCNCc1cn[nH]c1-c1cccnc1. The highest BCUT2D eigenvalue weighted by Gasteiger charge is 2.06. The van der Waals surface area contributed by atoms with Crippen LogP contribution in [0.25, 0.3) is 11.3 Å². The lowest BCUT2D eigenvalue weighted by Crippen LogP contribution is -2.15. The largest absolute Gasteiger partial charge is 0.385 e. The Morgan fingerprint density at radius 3 is 3.05 bits per heavy atom. The van der Waals surface area contributed by atoms with Crippen LogP contribution in [-0.2, 0) is 11.3 Å². The van der Waals surface area contributed by atoms with Crippen molar-refractivity contribution in [1.29, 1.82) is 0 Å². The van der Waals surface area contributed by atoms with Gasteiger partial charge in [0.1, 0.15) is 0 Å². The summed E-state index contributed by atoms with van der Waals surface area (Å²) in [4.78, 5) is 4.13. The van der Waals surface area contributed by atoms with Crippen molar-refractivity contribution in [3.05, 3.63) is 36.3 Å². The van der Waals surface area contributed by atoms with Gasteiger partial charge < -0.3 is 10.1 Å². The van der Waals surface area contributed by atoms with E-state index in [0.717, 1.165) is 43.8 Å². The van der Waals surface area contributed by atoms with Gasteiger partial charge in [0.25, 0.3) is 0 Å². The van der Waals surface area contributed by atoms with Crippen LogP contribution in [0.5, 0.6) is 0 Å². The molecule has 0 aromatic carbocycles. The fraction of sp³-hybridized carbons (Fsp3) is 0.429. The topological polar surface area (TPSA) is 62.8 Å². The molecule has 5 heteroatoms. The van der Waals surface area contributed by atoms with E-state index in [1.807, 2.05) is 24.5 Å². The lowest BCUT2D eigenvalue weighted by molar-refractivity contribution is 0.192. The molecule has 0 spiro atoms. The first-order valence-corrected chi connectivity index (χ1v) is 6.54. The van der Waals surface area contributed by atoms with Gasteiger partial charge in [0, 0.05) is 43.8 Å². The fourth-order valence-electron chi connectivity index (χ4n) is 1.93. The van der Waals surface area contributed by atoms with Crippen molar-refractivity contribution in [2.24, 2.45) is 0 Å². The number of hydrogen-bond donors (Lipinski definition) is 2. The molecule has 0 saturated carbocycles. The van der Waals surface area contributed by atoms with Crippen LogP contribution in [0.1, 0.15) is 18.4 Å². The van der Waals surface area contributed by atoms with Crippen LogP contribution in [0.3, 0.4) is 0 Å². The molecule has 0 unspecified atom stereocenters. The number of ether oxygens (including phenoxy) is 1. The summed E-state index contributed by atoms with van der Waals surface area (Å²) in [6.45, 7) is 2.63. The minimum atomic E-state index is 0.813. The summed E-state index contributed by atoms with van der Waals surface area (Å²) >= 11 is 0. The molecule has 0 saturated heterocycles. The molecule has 2 heterocycles. The van der Waals surface area contributed by atoms with Gasteiger partial charge in [-0.1, -0.05) is 0 Å². The van der Waals surface area contributed by atoms with E-state index in [1.165, 1.54) is 5.56 Å². The third kappa shape index (κ3) is 4.15. The van der Waals surface area contributed by atoms with Crippen LogP contribution in [0.15, 0.2) is 30.7 Å². The average Bonchev–Trinajstić information content (AvgIpc) is 2.92. The van der Waals surface area contributed by atoms with Crippen molar-refractivity contribution in [2.45, 2.75) is 19.4 Å². The number of rotatable bonds is 8. The average molecular weight is 260 g/mol. The number of nitrogens with zero attached hydrogens (tertiary/aromatic N) is 2. The van der Waals surface area contributed by atoms with E-state index in [2.05, 4.69) is 20.5 Å². The van der Waals surface area contributed by atoms with Crippen molar-refractivity contribution in [3.8, 4) is 11.3 Å². The molecule has 0 aliphatic rings. The Bertz CT molecular complexity index is 469. The number of aromatic nitrogens is 3. The maximum absolute atomic E-state index is 5.02. The summed E-state index contributed by atoms with van der Waals surface area (Å²) in [5.74, 6) is 0. The molecule has 5 nitrogen and oxygen atoms in total. The second kappa shape index (κ2) is 7.66. The lowest BCUT2D eigenvalue weighted by atomic mass is 10.1. The molecule has 0 fully saturated rings. The van der Waals surface area contributed by atoms with Crippen molar-refractivity contribution >= 4 is 0 Å². The first-order valence-electron chi connectivity index (χ1n) is 6.54. The molecule has 19 heavy (non-hydrogen) atoms. The van der Waals surface area contributed by atoms with Crippen LogP contribution in [0.4, 0.5) is 0 Å². The molecule has 0 radical (unpaired) electrons. The van der Waals surface area contributed by atoms with Gasteiger partial charge in [-0.15, -0.1) is 0 Å². The normalized spacial score (nSPS) is 10.8. The number of pyridine rings is 1. The number of methoxy groups -OCH3 is 1. The summed E-state index contributed by atoms with van der Waals surface area (Å²) in [5, 5.41) is 10.6. The summed E-state index contributed by atoms with van der Waals surface area (Å²) in [7, 11) is 1.74. The number of hydrogen-bond acceptors (Lipinski definition) is 4.